The third kappa shape index (κ3) is 7.28. The van der Waals surface area contributed by atoms with Gasteiger partial charge in [0.1, 0.15) is 11.5 Å². The Kier molecular flexibility index (Phi) is 8.76. The summed E-state index contributed by atoms with van der Waals surface area (Å²) in [5, 5.41) is 6.83. The number of benzene rings is 1. The van der Waals surface area contributed by atoms with Crippen molar-refractivity contribution in [3.63, 3.8) is 0 Å². The Morgan fingerprint density at radius 2 is 1.94 bits per heavy atom. The van der Waals surface area contributed by atoms with Crippen molar-refractivity contribution in [2.24, 2.45) is 10.9 Å². The van der Waals surface area contributed by atoms with Gasteiger partial charge in [-0.05, 0) is 76.7 Å². The smallest absolute Gasteiger partial charge is 0.208 e. The number of oxazole rings is 1. The summed E-state index contributed by atoms with van der Waals surface area (Å²) >= 11 is 0. The van der Waals surface area contributed by atoms with Crippen LogP contribution in [0.5, 0.6) is 5.75 Å². The van der Waals surface area contributed by atoms with E-state index in [9.17, 15) is 0 Å². The Hall–Kier alpha value is -2.54. The minimum absolute atomic E-state index is 0.626. The third-order valence-electron chi connectivity index (χ3n) is 5.86. The van der Waals surface area contributed by atoms with Crippen molar-refractivity contribution in [1.29, 1.82) is 0 Å². The maximum absolute atomic E-state index is 5.73. The number of ether oxygens (including phenoxy) is 1. The van der Waals surface area contributed by atoms with E-state index >= 15 is 0 Å². The monoisotopic (exact) mass is 427 g/mol. The summed E-state index contributed by atoms with van der Waals surface area (Å²) in [6, 6.07) is 8.23. The maximum atomic E-state index is 5.73. The Morgan fingerprint density at radius 3 is 2.55 bits per heavy atom. The van der Waals surface area contributed by atoms with Gasteiger partial charge in [0.25, 0.3) is 0 Å². The fourth-order valence-electron chi connectivity index (χ4n) is 3.80. The van der Waals surface area contributed by atoms with Crippen molar-refractivity contribution >= 4 is 5.96 Å². The molecule has 7 heteroatoms. The van der Waals surface area contributed by atoms with E-state index in [1.165, 1.54) is 5.56 Å². The zero-order valence-corrected chi connectivity index (χ0v) is 19.4. The highest BCUT2D eigenvalue weighted by molar-refractivity contribution is 5.79. The summed E-state index contributed by atoms with van der Waals surface area (Å²) in [5.74, 6) is 4.19. The number of aliphatic imine (C=N–C) groups is 1. The van der Waals surface area contributed by atoms with E-state index in [2.05, 4.69) is 39.6 Å². The summed E-state index contributed by atoms with van der Waals surface area (Å²) < 4.78 is 11.0. The number of methoxy groups -OCH3 is 1. The highest BCUT2D eigenvalue weighted by Gasteiger charge is 2.20. The van der Waals surface area contributed by atoms with E-state index in [0.29, 0.717) is 5.92 Å². The molecule has 0 bridgehead atoms. The molecule has 0 amide bonds. The number of nitrogens with one attached hydrogen (secondary N) is 2. The van der Waals surface area contributed by atoms with Gasteiger partial charge in [-0.1, -0.05) is 12.1 Å². The fourth-order valence-corrected chi connectivity index (χ4v) is 3.80. The molecular formula is C24H37N5O2. The molecule has 7 nitrogen and oxygen atoms in total. The van der Waals surface area contributed by atoms with Crippen LogP contribution in [0.4, 0.5) is 0 Å². The first-order valence-corrected chi connectivity index (χ1v) is 11.4. The lowest BCUT2D eigenvalue weighted by Gasteiger charge is -2.30. The summed E-state index contributed by atoms with van der Waals surface area (Å²) in [4.78, 5) is 11.8. The number of aromatic nitrogens is 1. The Balaban J connectivity index is 1.40. The molecule has 1 aliphatic heterocycles. The Bertz CT molecular complexity index is 803. The molecule has 1 aromatic heterocycles. The molecule has 1 saturated heterocycles. The van der Waals surface area contributed by atoms with Crippen molar-refractivity contribution in [2.75, 3.05) is 39.8 Å². The highest BCUT2D eigenvalue weighted by atomic mass is 16.5. The quantitative estimate of drug-likeness (QED) is 0.472. The molecule has 2 N–H and O–H groups in total. The number of nitrogens with zero attached hydrogens (tertiary/aromatic N) is 3. The van der Waals surface area contributed by atoms with E-state index in [0.717, 1.165) is 87.6 Å². The number of hydrogen-bond donors (Lipinski definition) is 2. The molecule has 0 radical (unpaired) electrons. The highest BCUT2D eigenvalue weighted by Crippen LogP contribution is 2.20. The molecule has 31 heavy (non-hydrogen) atoms. The third-order valence-corrected chi connectivity index (χ3v) is 5.86. The number of piperidine rings is 1. The van der Waals surface area contributed by atoms with Crippen LogP contribution in [-0.2, 0) is 13.0 Å². The summed E-state index contributed by atoms with van der Waals surface area (Å²) in [5.41, 5.74) is 2.28. The van der Waals surface area contributed by atoms with Crippen molar-refractivity contribution in [2.45, 2.75) is 46.6 Å². The van der Waals surface area contributed by atoms with Crippen LogP contribution >= 0.6 is 0 Å². The zero-order valence-electron chi connectivity index (χ0n) is 19.4. The van der Waals surface area contributed by atoms with E-state index in [1.807, 2.05) is 26.0 Å². The molecule has 0 atom stereocenters. The van der Waals surface area contributed by atoms with Gasteiger partial charge >= 0.3 is 0 Å². The van der Waals surface area contributed by atoms with Crippen LogP contribution in [0.1, 0.15) is 42.7 Å². The van der Waals surface area contributed by atoms with Crippen molar-refractivity contribution in [1.82, 2.24) is 20.5 Å². The largest absolute Gasteiger partial charge is 0.497 e. The van der Waals surface area contributed by atoms with E-state index in [-0.39, 0.29) is 0 Å². The molecular weight excluding hydrogens is 390 g/mol. The molecule has 0 saturated carbocycles. The van der Waals surface area contributed by atoms with Crippen molar-refractivity contribution in [3.05, 3.63) is 47.2 Å². The van der Waals surface area contributed by atoms with Crippen molar-refractivity contribution in [3.8, 4) is 5.75 Å². The van der Waals surface area contributed by atoms with Crippen LogP contribution in [0.15, 0.2) is 33.7 Å². The summed E-state index contributed by atoms with van der Waals surface area (Å²) in [7, 11) is 1.69. The summed E-state index contributed by atoms with van der Waals surface area (Å²) in [6.07, 6.45) is 3.27. The van der Waals surface area contributed by atoms with Crippen LogP contribution in [0.3, 0.4) is 0 Å². The average molecular weight is 428 g/mol. The first-order valence-electron chi connectivity index (χ1n) is 11.4. The van der Waals surface area contributed by atoms with Crippen LogP contribution < -0.4 is 15.4 Å². The lowest BCUT2D eigenvalue weighted by atomic mass is 9.97. The van der Waals surface area contributed by atoms with Crippen LogP contribution in [0.25, 0.3) is 0 Å². The number of aryl methyl sites for hydroxylation is 2. The Morgan fingerprint density at radius 1 is 1.19 bits per heavy atom. The van der Waals surface area contributed by atoms with Gasteiger partial charge < -0.3 is 19.8 Å². The van der Waals surface area contributed by atoms with Gasteiger partial charge in [-0.3, -0.25) is 9.89 Å². The normalized spacial score (nSPS) is 15.8. The minimum atomic E-state index is 0.626. The topological polar surface area (TPSA) is 74.9 Å². The number of rotatable bonds is 9. The Labute approximate surface area is 186 Å². The van der Waals surface area contributed by atoms with Crippen LogP contribution in [0.2, 0.25) is 0 Å². The minimum Gasteiger partial charge on any atom is -0.497 e. The number of likely N-dealkylation sites (tertiary alicyclic amines) is 1. The molecule has 0 spiro atoms. The van der Waals surface area contributed by atoms with E-state index in [4.69, 9.17) is 14.1 Å². The predicted octanol–water partition coefficient (Wildman–Crippen LogP) is 3.31. The van der Waals surface area contributed by atoms with E-state index < -0.39 is 0 Å². The molecule has 0 aliphatic carbocycles. The molecule has 1 aliphatic rings. The molecule has 2 aromatic rings. The molecule has 2 heterocycles. The van der Waals surface area contributed by atoms with Gasteiger partial charge in [0.15, 0.2) is 5.96 Å². The van der Waals surface area contributed by atoms with Gasteiger partial charge in [-0.25, -0.2) is 4.98 Å². The number of guanidine groups is 1. The number of hydrogen-bond acceptors (Lipinski definition) is 5. The zero-order chi connectivity index (χ0) is 22.1. The summed E-state index contributed by atoms with van der Waals surface area (Å²) in [6.45, 7) is 11.6. The molecule has 1 aromatic carbocycles. The van der Waals surface area contributed by atoms with Gasteiger partial charge in [-0.15, -0.1) is 0 Å². The predicted molar refractivity (Wildman–Crippen MR) is 125 cm³/mol. The molecule has 3 rings (SSSR count). The average Bonchev–Trinajstić information content (AvgIpc) is 3.10. The first kappa shape index (κ1) is 23.1. The molecule has 1 fully saturated rings. The van der Waals surface area contributed by atoms with Crippen LogP contribution in [-0.4, -0.2) is 55.7 Å². The lowest BCUT2D eigenvalue weighted by molar-refractivity contribution is 0.166. The van der Waals surface area contributed by atoms with Crippen LogP contribution in [0, 0.1) is 19.8 Å². The van der Waals surface area contributed by atoms with Gasteiger partial charge in [-0.2, -0.15) is 0 Å². The van der Waals surface area contributed by atoms with Crippen molar-refractivity contribution < 1.29 is 9.15 Å². The van der Waals surface area contributed by atoms with Gasteiger partial charge in [0.05, 0.1) is 19.3 Å². The SMILES string of the molecule is CCNC(=NCC1CCN(Cc2nc(C)c(C)o2)CC1)NCCc1ccc(OC)cc1. The van der Waals surface area contributed by atoms with Gasteiger partial charge in [0.2, 0.25) is 5.89 Å². The second kappa shape index (κ2) is 11.7. The van der Waals surface area contributed by atoms with E-state index in [1.54, 1.807) is 7.11 Å². The molecule has 170 valence electrons. The fraction of sp³-hybridized carbons (Fsp3) is 0.583. The van der Waals surface area contributed by atoms with Gasteiger partial charge in [0, 0.05) is 19.6 Å². The maximum Gasteiger partial charge on any atom is 0.208 e. The molecule has 0 unspecified atom stereocenters. The lowest BCUT2D eigenvalue weighted by Crippen LogP contribution is -2.39. The first-order chi connectivity index (χ1) is 15.1. The second-order valence-corrected chi connectivity index (χ2v) is 8.21. The standard InChI is InChI=1S/C24H37N5O2/c1-5-25-24(26-13-10-20-6-8-22(30-4)9-7-20)27-16-21-11-14-29(15-12-21)17-23-28-18(2)19(3)31-23/h6-9,21H,5,10-17H2,1-4H3,(H2,25,26,27). The second-order valence-electron chi connectivity index (χ2n) is 8.21.